The average Bonchev–Trinajstić information content (AvgIpc) is 2.96. The highest BCUT2D eigenvalue weighted by molar-refractivity contribution is 7.86. The Morgan fingerprint density at radius 3 is 2.68 bits per heavy atom. The van der Waals surface area contributed by atoms with Crippen molar-refractivity contribution in [1.82, 2.24) is 19.7 Å². The molecule has 0 aliphatic heterocycles. The van der Waals surface area contributed by atoms with E-state index in [1.165, 1.54) is 6.20 Å². The summed E-state index contributed by atoms with van der Waals surface area (Å²) < 4.78 is 68.0. The molecule has 1 aliphatic rings. The maximum absolute atomic E-state index is 13.0. The van der Waals surface area contributed by atoms with Crippen LogP contribution in [0.1, 0.15) is 31.4 Å². The topological polar surface area (TPSA) is 111 Å². The van der Waals surface area contributed by atoms with Crippen LogP contribution in [-0.2, 0) is 20.5 Å². The van der Waals surface area contributed by atoms with Gasteiger partial charge in [-0.05, 0) is 19.8 Å². The van der Waals surface area contributed by atoms with Gasteiger partial charge in [0.1, 0.15) is 17.2 Å². The number of hydrogen-bond donors (Lipinski definition) is 2. The number of nitrogens with zero attached hydrogens (tertiary/aromatic N) is 4. The van der Waals surface area contributed by atoms with Gasteiger partial charge in [0.25, 0.3) is 10.1 Å². The lowest BCUT2D eigenvalue weighted by molar-refractivity contribution is -0.137. The highest BCUT2D eigenvalue weighted by atomic mass is 32.2. The van der Waals surface area contributed by atoms with Crippen LogP contribution in [-0.4, -0.2) is 47.1 Å². The maximum Gasteiger partial charge on any atom is 0.421 e. The quantitative estimate of drug-likeness (QED) is 0.658. The van der Waals surface area contributed by atoms with E-state index in [0.29, 0.717) is 24.9 Å². The fourth-order valence-corrected chi connectivity index (χ4v) is 3.49. The molecule has 2 aromatic rings. The van der Waals surface area contributed by atoms with Crippen LogP contribution in [0.15, 0.2) is 18.5 Å². The van der Waals surface area contributed by atoms with Crippen molar-refractivity contribution < 1.29 is 25.8 Å². The van der Waals surface area contributed by atoms with Crippen LogP contribution in [0.3, 0.4) is 0 Å². The molecule has 3 rings (SSSR count). The molecule has 0 unspecified atom stereocenters. The lowest BCUT2D eigenvalue weighted by Gasteiger charge is -2.34. The van der Waals surface area contributed by atoms with Crippen LogP contribution in [0, 0.1) is 0 Å². The summed E-state index contributed by atoms with van der Waals surface area (Å²) in [5, 5.41) is 9.62. The molecule has 0 aromatic carbocycles. The standard InChI is InChI=1S/C15H19F3N6O3S/c1-3-19-13-11(15(16,17)18)8-20-14(23-13)22-12-4-5-21-24(12)9-6-10(7-9)27-28(2,25)26/h4-5,8-10H,3,6-7H2,1-2H3,(H2,19,20,22,23)/t9-,10-. The van der Waals surface area contributed by atoms with E-state index < -0.39 is 28.0 Å². The van der Waals surface area contributed by atoms with Crippen LogP contribution in [0.2, 0.25) is 0 Å². The highest BCUT2D eigenvalue weighted by Crippen LogP contribution is 2.37. The van der Waals surface area contributed by atoms with E-state index in [9.17, 15) is 21.6 Å². The second kappa shape index (κ2) is 7.54. The predicted molar refractivity (Wildman–Crippen MR) is 94.7 cm³/mol. The fraction of sp³-hybridized carbons (Fsp3) is 0.533. The molecule has 1 saturated carbocycles. The van der Waals surface area contributed by atoms with E-state index in [0.717, 1.165) is 6.26 Å². The number of halogens is 3. The van der Waals surface area contributed by atoms with Crippen LogP contribution in [0.4, 0.5) is 30.8 Å². The van der Waals surface area contributed by atoms with Crippen molar-refractivity contribution >= 4 is 27.7 Å². The lowest BCUT2D eigenvalue weighted by atomic mass is 9.90. The van der Waals surface area contributed by atoms with Gasteiger partial charge in [-0.2, -0.15) is 31.7 Å². The molecule has 0 bridgehead atoms. The largest absolute Gasteiger partial charge is 0.421 e. The molecule has 154 valence electrons. The van der Waals surface area contributed by atoms with Crippen LogP contribution in [0.25, 0.3) is 0 Å². The summed E-state index contributed by atoms with van der Waals surface area (Å²) in [6.07, 6.45) is -0.876. The Hall–Kier alpha value is -2.41. The van der Waals surface area contributed by atoms with Gasteiger partial charge in [0.2, 0.25) is 5.95 Å². The first-order valence-electron chi connectivity index (χ1n) is 8.43. The summed E-state index contributed by atoms with van der Waals surface area (Å²) in [7, 11) is -3.53. The van der Waals surface area contributed by atoms with Gasteiger partial charge < -0.3 is 10.6 Å². The molecule has 9 nitrogen and oxygen atoms in total. The van der Waals surface area contributed by atoms with E-state index >= 15 is 0 Å². The van der Waals surface area contributed by atoms with Gasteiger partial charge in [-0.15, -0.1) is 0 Å². The number of nitrogens with one attached hydrogen (secondary N) is 2. The van der Waals surface area contributed by atoms with E-state index in [1.54, 1.807) is 17.7 Å². The van der Waals surface area contributed by atoms with Gasteiger partial charge in [0.05, 0.1) is 24.6 Å². The molecular weight excluding hydrogens is 401 g/mol. The minimum absolute atomic E-state index is 0.0195. The molecule has 13 heteroatoms. The van der Waals surface area contributed by atoms with E-state index in [-0.39, 0.29) is 24.4 Å². The predicted octanol–water partition coefficient (Wildman–Crippen LogP) is 2.55. The van der Waals surface area contributed by atoms with Crippen molar-refractivity contribution in [2.24, 2.45) is 0 Å². The molecule has 1 aliphatic carbocycles. The first kappa shape index (κ1) is 20.3. The normalized spacial score (nSPS) is 19.9. The minimum Gasteiger partial charge on any atom is -0.370 e. The van der Waals surface area contributed by atoms with Crippen molar-refractivity contribution in [3.05, 3.63) is 24.0 Å². The monoisotopic (exact) mass is 420 g/mol. The molecule has 2 heterocycles. The van der Waals surface area contributed by atoms with Gasteiger partial charge in [0.15, 0.2) is 0 Å². The third kappa shape index (κ3) is 4.70. The van der Waals surface area contributed by atoms with Crippen molar-refractivity contribution in [2.75, 3.05) is 23.4 Å². The summed E-state index contributed by atoms with van der Waals surface area (Å²) in [5.41, 5.74) is -0.951. The summed E-state index contributed by atoms with van der Waals surface area (Å²) in [4.78, 5) is 7.66. The van der Waals surface area contributed by atoms with Crippen molar-refractivity contribution in [2.45, 2.75) is 38.1 Å². The van der Waals surface area contributed by atoms with Crippen LogP contribution >= 0.6 is 0 Å². The van der Waals surface area contributed by atoms with Gasteiger partial charge >= 0.3 is 6.18 Å². The molecule has 0 saturated heterocycles. The summed E-state index contributed by atoms with van der Waals surface area (Å²) in [6, 6.07) is 1.52. The average molecular weight is 420 g/mol. The van der Waals surface area contributed by atoms with Crippen LogP contribution < -0.4 is 10.6 Å². The second-order valence-corrected chi connectivity index (χ2v) is 7.92. The summed E-state index contributed by atoms with van der Waals surface area (Å²) in [6.45, 7) is 1.93. The maximum atomic E-state index is 13.0. The fourth-order valence-electron chi connectivity index (χ4n) is 2.83. The SMILES string of the molecule is CCNc1nc(Nc2ccnn2[C@H]2C[C@H](OS(C)(=O)=O)C2)ncc1C(F)(F)F. The third-order valence-electron chi connectivity index (χ3n) is 4.08. The molecule has 0 atom stereocenters. The van der Waals surface area contributed by atoms with Gasteiger partial charge in [-0.3, -0.25) is 4.18 Å². The van der Waals surface area contributed by atoms with Crippen LogP contribution in [0.5, 0.6) is 0 Å². The zero-order chi connectivity index (χ0) is 20.5. The first-order chi connectivity index (χ1) is 13.1. The van der Waals surface area contributed by atoms with Crippen molar-refractivity contribution in [3.8, 4) is 0 Å². The Bertz CT molecular complexity index is 941. The highest BCUT2D eigenvalue weighted by Gasteiger charge is 2.36. The molecule has 2 N–H and O–H groups in total. The molecule has 0 spiro atoms. The molecule has 28 heavy (non-hydrogen) atoms. The summed E-state index contributed by atoms with van der Waals surface area (Å²) in [5.74, 6) is 0.141. The van der Waals surface area contributed by atoms with Gasteiger partial charge in [-0.1, -0.05) is 0 Å². The minimum atomic E-state index is -4.57. The molecule has 0 amide bonds. The molecule has 0 radical (unpaired) electrons. The zero-order valence-electron chi connectivity index (χ0n) is 15.1. The molecular formula is C15H19F3N6O3S. The Labute approximate surface area is 159 Å². The smallest absolute Gasteiger partial charge is 0.370 e. The number of aromatic nitrogens is 4. The number of alkyl halides is 3. The van der Waals surface area contributed by atoms with Crippen molar-refractivity contribution in [3.63, 3.8) is 0 Å². The number of anilines is 3. The third-order valence-corrected chi connectivity index (χ3v) is 4.70. The Morgan fingerprint density at radius 2 is 2.07 bits per heavy atom. The Balaban J connectivity index is 1.74. The molecule has 2 aromatic heterocycles. The number of rotatable bonds is 7. The first-order valence-corrected chi connectivity index (χ1v) is 10.3. The number of hydrogen-bond acceptors (Lipinski definition) is 8. The van der Waals surface area contributed by atoms with Crippen molar-refractivity contribution in [1.29, 1.82) is 0 Å². The van der Waals surface area contributed by atoms with E-state index in [2.05, 4.69) is 25.7 Å². The van der Waals surface area contributed by atoms with Gasteiger partial charge in [0, 0.05) is 18.8 Å². The zero-order valence-corrected chi connectivity index (χ0v) is 15.9. The Kier molecular flexibility index (Phi) is 5.48. The lowest BCUT2D eigenvalue weighted by Crippen LogP contribution is -2.35. The summed E-state index contributed by atoms with van der Waals surface area (Å²) >= 11 is 0. The second-order valence-electron chi connectivity index (χ2n) is 6.32. The van der Waals surface area contributed by atoms with Gasteiger partial charge in [-0.25, -0.2) is 9.67 Å². The Morgan fingerprint density at radius 1 is 1.36 bits per heavy atom. The molecule has 1 fully saturated rings. The van der Waals surface area contributed by atoms with E-state index in [4.69, 9.17) is 4.18 Å². The van der Waals surface area contributed by atoms with E-state index in [1.807, 2.05) is 0 Å².